The average Bonchev–Trinajstić information content (AvgIpc) is 2.61. The molecule has 1 unspecified atom stereocenters. The van der Waals surface area contributed by atoms with Crippen LogP contribution in [-0.4, -0.2) is 23.7 Å². The Balaban J connectivity index is 2.53. The first kappa shape index (κ1) is 15.2. The van der Waals surface area contributed by atoms with Crippen molar-refractivity contribution in [2.45, 2.75) is 32.7 Å². The predicted molar refractivity (Wildman–Crippen MR) is 75.5 cm³/mol. The van der Waals surface area contributed by atoms with Crippen molar-refractivity contribution in [1.82, 2.24) is 0 Å². The van der Waals surface area contributed by atoms with Gasteiger partial charge in [0.1, 0.15) is 18.4 Å². The van der Waals surface area contributed by atoms with Crippen molar-refractivity contribution >= 4 is 5.97 Å². The largest absolute Gasteiger partial charge is 0.490 e. The van der Waals surface area contributed by atoms with Gasteiger partial charge in [0, 0.05) is 0 Å². The molecule has 0 aliphatic heterocycles. The van der Waals surface area contributed by atoms with Crippen LogP contribution in [0.3, 0.4) is 0 Å². The van der Waals surface area contributed by atoms with Crippen LogP contribution in [0.15, 0.2) is 47.3 Å². The Morgan fingerprint density at radius 2 is 2.26 bits per heavy atom. The average molecular weight is 263 g/mol. The zero-order valence-corrected chi connectivity index (χ0v) is 11.4. The van der Waals surface area contributed by atoms with E-state index in [1.54, 1.807) is 0 Å². The van der Waals surface area contributed by atoms with E-state index in [0.29, 0.717) is 13.0 Å². The second kappa shape index (κ2) is 7.59. The van der Waals surface area contributed by atoms with Gasteiger partial charge in [-0.3, -0.25) is 4.79 Å². The molecule has 0 amide bonds. The van der Waals surface area contributed by atoms with Crippen LogP contribution in [-0.2, 0) is 9.53 Å². The third kappa shape index (κ3) is 5.57. The number of rotatable bonds is 6. The summed E-state index contributed by atoms with van der Waals surface area (Å²) in [5.74, 6) is -0.178. The van der Waals surface area contributed by atoms with Crippen molar-refractivity contribution < 1.29 is 14.6 Å². The molecule has 1 atom stereocenters. The summed E-state index contributed by atoms with van der Waals surface area (Å²) in [5, 5.41) is 8.79. The monoisotopic (exact) mass is 263 g/mol. The molecule has 0 bridgehead atoms. The van der Waals surface area contributed by atoms with E-state index in [2.05, 4.69) is 0 Å². The first-order valence-electron chi connectivity index (χ1n) is 6.33. The standard InChI is InChI=1S/C15H21NO3/c1-3-11(2)10-19-13-6-4-5-12(7-8-13)9-14(16)15(17)18/h3,5-8,14H,4,9-10,16H2,1-2H3,(H,17,18)/b11-3-. The minimum atomic E-state index is -0.980. The molecule has 0 saturated heterocycles. The number of carboxylic acids is 1. The summed E-state index contributed by atoms with van der Waals surface area (Å²) in [6, 6.07) is -0.858. The summed E-state index contributed by atoms with van der Waals surface area (Å²) in [5.41, 5.74) is 7.61. The van der Waals surface area contributed by atoms with Crippen molar-refractivity contribution in [2.75, 3.05) is 6.61 Å². The molecule has 1 aliphatic carbocycles. The molecule has 1 aliphatic rings. The van der Waals surface area contributed by atoms with Gasteiger partial charge in [0.15, 0.2) is 0 Å². The molecular formula is C15H21NO3. The molecule has 0 saturated carbocycles. The van der Waals surface area contributed by atoms with E-state index in [0.717, 1.165) is 17.8 Å². The van der Waals surface area contributed by atoms with E-state index in [1.807, 2.05) is 44.2 Å². The zero-order valence-electron chi connectivity index (χ0n) is 11.4. The lowest BCUT2D eigenvalue weighted by atomic mass is 10.1. The highest BCUT2D eigenvalue weighted by atomic mass is 16.5. The van der Waals surface area contributed by atoms with Gasteiger partial charge in [0.25, 0.3) is 0 Å². The van der Waals surface area contributed by atoms with Gasteiger partial charge in [-0.05, 0) is 50.0 Å². The van der Waals surface area contributed by atoms with Crippen molar-refractivity contribution in [2.24, 2.45) is 5.73 Å². The molecule has 0 aromatic heterocycles. The zero-order chi connectivity index (χ0) is 14.3. The molecule has 0 fully saturated rings. The molecule has 4 heteroatoms. The number of hydrogen-bond acceptors (Lipinski definition) is 3. The Bertz CT molecular complexity index is 444. The van der Waals surface area contributed by atoms with Crippen LogP contribution in [0.1, 0.15) is 26.7 Å². The fourth-order valence-electron chi connectivity index (χ4n) is 1.53. The summed E-state index contributed by atoms with van der Waals surface area (Å²) >= 11 is 0. The minimum absolute atomic E-state index is 0.334. The van der Waals surface area contributed by atoms with E-state index in [1.165, 1.54) is 5.57 Å². The Hall–Kier alpha value is -1.81. The number of ether oxygens (including phenoxy) is 1. The molecule has 1 rings (SSSR count). The minimum Gasteiger partial charge on any atom is -0.490 e. The summed E-state index contributed by atoms with van der Waals surface area (Å²) in [6.45, 7) is 4.55. The molecular weight excluding hydrogens is 242 g/mol. The summed E-state index contributed by atoms with van der Waals surface area (Å²) in [4.78, 5) is 10.7. The number of carbonyl (C=O) groups is 1. The van der Waals surface area contributed by atoms with Crippen LogP contribution < -0.4 is 5.73 Å². The van der Waals surface area contributed by atoms with Gasteiger partial charge in [-0.25, -0.2) is 0 Å². The molecule has 19 heavy (non-hydrogen) atoms. The van der Waals surface area contributed by atoms with Crippen LogP contribution in [0.2, 0.25) is 0 Å². The second-order valence-electron chi connectivity index (χ2n) is 4.53. The Kier molecular flexibility index (Phi) is 6.09. The third-order valence-corrected chi connectivity index (χ3v) is 2.89. The maximum absolute atomic E-state index is 10.7. The summed E-state index contributed by atoms with van der Waals surface area (Å²) < 4.78 is 5.64. The Labute approximate surface area is 113 Å². The molecule has 3 N–H and O–H groups in total. The summed E-state index contributed by atoms with van der Waals surface area (Å²) in [7, 11) is 0. The summed E-state index contributed by atoms with van der Waals surface area (Å²) in [6.07, 6.45) is 10.7. The van der Waals surface area contributed by atoms with Crippen LogP contribution >= 0.6 is 0 Å². The van der Waals surface area contributed by atoms with Crippen LogP contribution in [0.25, 0.3) is 0 Å². The fourth-order valence-corrected chi connectivity index (χ4v) is 1.53. The van der Waals surface area contributed by atoms with Gasteiger partial charge in [-0.2, -0.15) is 0 Å². The lowest BCUT2D eigenvalue weighted by Gasteiger charge is -2.07. The van der Waals surface area contributed by atoms with Gasteiger partial charge in [-0.1, -0.05) is 18.2 Å². The number of aliphatic carboxylic acids is 1. The predicted octanol–water partition coefficient (Wildman–Crippen LogP) is 2.54. The highest BCUT2D eigenvalue weighted by molar-refractivity contribution is 5.73. The van der Waals surface area contributed by atoms with Crippen molar-refractivity contribution in [1.29, 1.82) is 0 Å². The van der Waals surface area contributed by atoms with Gasteiger partial charge >= 0.3 is 5.97 Å². The van der Waals surface area contributed by atoms with Gasteiger partial charge < -0.3 is 15.6 Å². The fraction of sp³-hybridized carbons (Fsp3) is 0.400. The molecule has 0 spiro atoms. The second-order valence-corrected chi connectivity index (χ2v) is 4.53. The van der Waals surface area contributed by atoms with Gasteiger partial charge in [-0.15, -0.1) is 0 Å². The van der Waals surface area contributed by atoms with E-state index in [9.17, 15) is 4.79 Å². The Morgan fingerprint density at radius 1 is 1.53 bits per heavy atom. The third-order valence-electron chi connectivity index (χ3n) is 2.89. The molecule has 0 radical (unpaired) electrons. The molecule has 0 heterocycles. The van der Waals surface area contributed by atoms with E-state index >= 15 is 0 Å². The molecule has 0 aromatic carbocycles. The quantitative estimate of drug-likeness (QED) is 0.722. The molecule has 0 aromatic rings. The maximum Gasteiger partial charge on any atom is 0.320 e. The van der Waals surface area contributed by atoms with Crippen LogP contribution in [0, 0.1) is 0 Å². The first-order chi connectivity index (χ1) is 9.02. The van der Waals surface area contributed by atoms with Crippen molar-refractivity contribution in [3.63, 3.8) is 0 Å². The van der Waals surface area contributed by atoms with Crippen LogP contribution in [0.4, 0.5) is 0 Å². The van der Waals surface area contributed by atoms with E-state index in [4.69, 9.17) is 15.6 Å². The molecule has 104 valence electrons. The molecule has 4 nitrogen and oxygen atoms in total. The topological polar surface area (TPSA) is 72.5 Å². The first-order valence-corrected chi connectivity index (χ1v) is 6.33. The lowest BCUT2D eigenvalue weighted by Crippen LogP contribution is -2.30. The number of hydrogen-bond donors (Lipinski definition) is 2. The SMILES string of the molecule is C/C=C(/C)COC1=CCC=C(CC(N)C(=O)O)C=C1. The van der Waals surface area contributed by atoms with Gasteiger partial charge in [0.05, 0.1) is 0 Å². The van der Waals surface area contributed by atoms with Crippen molar-refractivity contribution in [3.8, 4) is 0 Å². The number of nitrogens with two attached hydrogens (primary N) is 1. The smallest absolute Gasteiger partial charge is 0.320 e. The van der Waals surface area contributed by atoms with Crippen LogP contribution in [0.5, 0.6) is 0 Å². The highest BCUT2D eigenvalue weighted by Gasteiger charge is 2.13. The number of allylic oxidation sites excluding steroid dienone is 5. The van der Waals surface area contributed by atoms with Crippen molar-refractivity contribution in [3.05, 3.63) is 47.3 Å². The Morgan fingerprint density at radius 3 is 2.89 bits per heavy atom. The normalized spacial score (nSPS) is 17.3. The lowest BCUT2D eigenvalue weighted by molar-refractivity contribution is -0.138. The maximum atomic E-state index is 10.7. The van der Waals surface area contributed by atoms with E-state index in [-0.39, 0.29) is 0 Å². The van der Waals surface area contributed by atoms with Gasteiger partial charge in [0.2, 0.25) is 0 Å². The van der Waals surface area contributed by atoms with E-state index < -0.39 is 12.0 Å². The highest BCUT2D eigenvalue weighted by Crippen LogP contribution is 2.16. The number of carboxylic acid groups (broad SMARTS) is 1.